The number of ether oxygens (including phenoxy) is 1. The molecular formula is C24H25IN4O2S. The summed E-state index contributed by atoms with van der Waals surface area (Å²) in [6, 6.07) is 18.2. The molecule has 5 rings (SSSR count). The Balaban J connectivity index is 1.19. The predicted molar refractivity (Wildman–Crippen MR) is 137 cm³/mol. The van der Waals surface area contributed by atoms with Crippen LogP contribution in [0.5, 0.6) is 0 Å². The van der Waals surface area contributed by atoms with E-state index in [9.17, 15) is 4.79 Å². The molecule has 1 amide bonds. The van der Waals surface area contributed by atoms with Crippen LogP contribution >= 0.6 is 31.2 Å². The number of nitrogens with zero attached hydrogens (tertiary/aromatic N) is 2. The average molecular weight is 560 g/mol. The summed E-state index contributed by atoms with van der Waals surface area (Å²) in [6.45, 7) is 0.967. The molecule has 0 aliphatic carbocycles. The van der Waals surface area contributed by atoms with Gasteiger partial charge in [0.25, 0.3) is 0 Å². The molecule has 0 spiro atoms. The van der Waals surface area contributed by atoms with Gasteiger partial charge in [0.15, 0.2) is 0 Å². The molecular weight excluding hydrogens is 535 g/mol. The zero-order valence-corrected chi connectivity index (χ0v) is 20.6. The third-order valence-corrected chi connectivity index (χ3v) is 11.0. The molecule has 0 radical (unpaired) electrons. The molecule has 2 aromatic carbocycles. The Bertz CT molecular complexity index is 1100. The maximum absolute atomic E-state index is 12.9. The molecule has 3 heterocycles. The molecule has 0 bridgehead atoms. The van der Waals surface area contributed by atoms with E-state index in [0.29, 0.717) is 24.7 Å². The second-order valence-corrected chi connectivity index (χ2v) is 14.7. The molecule has 1 atom stereocenters. The number of aromatic nitrogens is 1. The van der Waals surface area contributed by atoms with Gasteiger partial charge in [-0.05, 0) is 5.56 Å². The monoisotopic (exact) mass is 560 g/mol. The van der Waals surface area contributed by atoms with Crippen molar-refractivity contribution in [1.82, 2.24) is 9.88 Å². The van der Waals surface area contributed by atoms with Crippen molar-refractivity contribution in [2.75, 3.05) is 20.7 Å². The first-order chi connectivity index (χ1) is 15.7. The molecule has 2 saturated heterocycles. The number of amidine groups is 1. The number of rotatable bonds is 6. The number of likely N-dealkylation sites (tertiary alicyclic amines) is 1. The summed E-state index contributed by atoms with van der Waals surface area (Å²) in [7, 11) is 0. The van der Waals surface area contributed by atoms with Crippen LogP contribution in [0.2, 0.25) is 0 Å². The van der Waals surface area contributed by atoms with E-state index in [-0.39, 0.29) is 11.9 Å². The van der Waals surface area contributed by atoms with E-state index < -0.39 is 25.9 Å². The zero-order valence-electron chi connectivity index (χ0n) is 17.6. The van der Waals surface area contributed by atoms with Gasteiger partial charge < -0.3 is 4.74 Å². The van der Waals surface area contributed by atoms with Crippen molar-refractivity contribution in [3.8, 4) is 11.3 Å². The number of thiazole rings is 1. The minimum atomic E-state index is -0.732. The number of benzene rings is 2. The summed E-state index contributed by atoms with van der Waals surface area (Å²) < 4.78 is 10.1. The summed E-state index contributed by atoms with van der Waals surface area (Å²) >= 11 is 0.702. The third kappa shape index (κ3) is 4.96. The van der Waals surface area contributed by atoms with Crippen molar-refractivity contribution in [3.05, 3.63) is 69.1 Å². The Morgan fingerprint density at radius 1 is 1.19 bits per heavy atom. The molecule has 0 unspecified atom stereocenters. The van der Waals surface area contributed by atoms with Gasteiger partial charge in [-0.1, -0.05) is 30.3 Å². The van der Waals surface area contributed by atoms with E-state index in [0.717, 1.165) is 23.2 Å². The Morgan fingerprint density at radius 3 is 2.72 bits per heavy atom. The van der Waals surface area contributed by atoms with Gasteiger partial charge in [0, 0.05) is 0 Å². The van der Waals surface area contributed by atoms with Crippen LogP contribution in [0.1, 0.15) is 18.4 Å². The Morgan fingerprint density at radius 2 is 1.97 bits per heavy atom. The molecule has 32 heavy (non-hydrogen) atoms. The number of hydrogen-bond acceptors (Lipinski definition) is 5. The quantitative estimate of drug-likeness (QED) is 0.191. The van der Waals surface area contributed by atoms with Crippen LogP contribution in [0.15, 0.2) is 60.0 Å². The van der Waals surface area contributed by atoms with Gasteiger partial charge in [-0.25, -0.2) is 0 Å². The van der Waals surface area contributed by atoms with Crippen LogP contribution in [-0.2, 0) is 16.1 Å². The number of alkyl halides is 2. The molecule has 166 valence electrons. The minimum absolute atomic E-state index is 0.0473. The average Bonchev–Trinajstić information content (AvgIpc) is 3.37. The normalized spacial score (nSPS) is 18.4. The van der Waals surface area contributed by atoms with E-state index in [4.69, 9.17) is 10.1 Å². The maximum atomic E-state index is 12.9. The summed E-state index contributed by atoms with van der Waals surface area (Å²) in [5.41, 5.74) is 2.97. The van der Waals surface area contributed by atoms with E-state index in [1.54, 1.807) is 8.47 Å². The first-order valence-corrected chi connectivity index (χ1v) is 15.7. The van der Waals surface area contributed by atoms with Crippen molar-refractivity contribution in [3.63, 3.8) is 0 Å². The first kappa shape index (κ1) is 21.4. The summed E-state index contributed by atoms with van der Waals surface area (Å²) in [6.07, 6.45) is 1.56. The number of carbonyl (C=O) groups excluding carboxylic acids is 1. The van der Waals surface area contributed by atoms with Crippen LogP contribution in [-0.4, -0.2) is 43.3 Å². The van der Waals surface area contributed by atoms with E-state index >= 15 is 0 Å². The van der Waals surface area contributed by atoms with Crippen molar-refractivity contribution >= 4 is 48.2 Å². The van der Waals surface area contributed by atoms with Crippen LogP contribution in [0.4, 0.5) is 5.13 Å². The van der Waals surface area contributed by atoms with Gasteiger partial charge in [-0.3, -0.25) is 5.41 Å². The molecule has 6 nitrogen and oxygen atoms in total. The van der Waals surface area contributed by atoms with Crippen LogP contribution in [0.3, 0.4) is 0 Å². The van der Waals surface area contributed by atoms with Crippen LogP contribution in [0, 0.1) is 8.98 Å². The Kier molecular flexibility index (Phi) is 6.40. The van der Waals surface area contributed by atoms with E-state index in [1.165, 1.54) is 20.2 Å². The van der Waals surface area contributed by atoms with E-state index in [2.05, 4.69) is 34.6 Å². The third-order valence-electron chi connectivity index (χ3n) is 5.60. The molecule has 0 saturated carbocycles. The molecule has 2 aliphatic heterocycles. The summed E-state index contributed by atoms with van der Waals surface area (Å²) in [5, 5.41) is 13.9. The van der Waals surface area contributed by atoms with Gasteiger partial charge in [0.05, 0.1) is 0 Å². The fraction of sp³-hybridized carbons (Fsp3) is 0.292. The number of carbonyl (C=O) groups is 1. The fourth-order valence-electron chi connectivity index (χ4n) is 3.80. The van der Waals surface area contributed by atoms with Crippen LogP contribution in [0.25, 0.3) is 11.3 Å². The van der Waals surface area contributed by atoms with Gasteiger partial charge in [0.1, 0.15) is 6.61 Å². The number of amides is 1. The summed E-state index contributed by atoms with van der Waals surface area (Å²) in [5.74, 6) is -0.132. The van der Waals surface area contributed by atoms with E-state index in [1.807, 2.05) is 35.7 Å². The molecule has 8 heteroatoms. The number of nitrogens with one attached hydrogen (secondary N) is 2. The zero-order chi connectivity index (χ0) is 21.9. The van der Waals surface area contributed by atoms with Crippen molar-refractivity contribution in [2.45, 2.75) is 25.5 Å². The second-order valence-electron chi connectivity index (χ2n) is 7.80. The predicted octanol–water partition coefficient (Wildman–Crippen LogP) is 5.05. The van der Waals surface area contributed by atoms with Crippen LogP contribution < -0.4 is 5.32 Å². The van der Waals surface area contributed by atoms with Gasteiger partial charge >= 0.3 is 147 Å². The molecule has 2 fully saturated rings. The van der Waals surface area contributed by atoms with Crippen molar-refractivity contribution in [2.24, 2.45) is 0 Å². The molecule has 3 aromatic rings. The van der Waals surface area contributed by atoms with Crippen molar-refractivity contribution in [1.29, 1.82) is 5.41 Å². The van der Waals surface area contributed by atoms with Gasteiger partial charge in [-0.2, -0.15) is 0 Å². The van der Waals surface area contributed by atoms with Crippen molar-refractivity contribution < 1.29 is 9.53 Å². The molecule has 2 N–H and O–H groups in total. The fourth-order valence-corrected chi connectivity index (χ4v) is 8.71. The van der Waals surface area contributed by atoms with Gasteiger partial charge in [0.2, 0.25) is 0 Å². The summed E-state index contributed by atoms with van der Waals surface area (Å²) in [4.78, 5) is 19.3. The topological polar surface area (TPSA) is 78.3 Å². The molecule has 1 aromatic heterocycles. The number of hydrogen-bond donors (Lipinski definition) is 2. The Hall–Kier alpha value is -2.46. The standard InChI is InChI=1S/C24H25IN4O2S/c26-23(31-15-17-5-2-1-3-6-17)29-14-4-7-21(29)22(30)28-24-27-20(16-32-24)18-8-10-19(11-9-18)25-12-13-25/h1-3,5-6,8-11,16,21,26H,4,7,12-15H2,(H,27,28,30)/t21-/m0/s1. The van der Waals surface area contributed by atoms with Gasteiger partial charge in [-0.15, -0.1) is 0 Å². The number of anilines is 1. The number of halogens is 1. The Labute approximate surface area is 198 Å². The second kappa shape index (κ2) is 9.58. The first-order valence-electron chi connectivity index (χ1n) is 10.7. The molecule has 2 aliphatic rings. The SMILES string of the molecule is N=C(OCc1ccccc1)N1CCC[C@H]1C(=O)Nc1nc(-c2ccc(I3CC3)cc2)cs1.